The first-order chi connectivity index (χ1) is 15.3. The molecule has 2 heterocycles. The maximum Gasteiger partial charge on any atom is 0.270 e. The second-order valence-corrected chi connectivity index (χ2v) is 8.24. The van der Waals surface area contributed by atoms with E-state index in [1.54, 1.807) is 41.2 Å². The molecule has 0 aliphatic carbocycles. The Morgan fingerprint density at radius 2 is 1.84 bits per heavy atom. The smallest absolute Gasteiger partial charge is 0.270 e. The highest BCUT2D eigenvalue weighted by Crippen LogP contribution is 2.24. The Morgan fingerprint density at radius 1 is 1.06 bits per heavy atom. The van der Waals surface area contributed by atoms with Crippen LogP contribution in [0.3, 0.4) is 0 Å². The summed E-state index contributed by atoms with van der Waals surface area (Å²) in [6, 6.07) is 14.3. The minimum Gasteiger partial charge on any atom is -0.438 e. The summed E-state index contributed by atoms with van der Waals surface area (Å²) in [5.74, 6) is 2.05. The molecule has 162 valence electrons. The fourth-order valence-electron chi connectivity index (χ4n) is 2.81. The number of hydrogen-bond acceptors (Lipinski definition) is 8. The van der Waals surface area contributed by atoms with Gasteiger partial charge in [0.2, 0.25) is 5.88 Å². The lowest BCUT2D eigenvalue weighted by Crippen LogP contribution is -2.13. The molecule has 12 heteroatoms. The van der Waals surface area contributed by atoms with Gasteiger partial charge in [-0.15, -0.1) is 10.2 Å². The number of rotatable bonds is 7. The molecular weight excluding hydrogens is 436 g/mol. The first-order valence-corrected chi connectivity index (χ1v) is 10.7. The maximum atomic E-state index is 12.5. The van der Waals surface area contributed by atoms with Gasteiger partial charge in [0.1, 0.15) is 11.6 Å². The maximum absolute atomic E-state index is 12.5. The van der Waals surface area contributed by atoms with Crippen molar-refractivity contribution in [1.82, 2.24) is 19.7 Å². The Morgan fingerprint density at radius 3 is 2.47 bits per heavy atom. The molecule has 0 amide bonds. The van der Waals surface area contributed by atoms with Crippen LogP contribution >= 0.6 is 0 Å². The lowest BCUT2D eigenvalue weighted by Gasteiger charge is -2.09. The van der Waals surface area contributed by atoms with Gasteiger partial charge in [0, 0.05) is 36.3 Å². The number of imidazole rings is 1. The third-order valence-electron chi connectivity index (χ3n) is 4.37. The minimum atomic E-state index is -4.00. The molecular formula is C20H16N6O5S. The van der Waals surface area contributed by atoms with Crippen molar-refractivity contribution >= 4 is 21.4 Å². The van der Waals surface area contributed by atoms with E-state index in [1.807, 2.05) is 6.92 Å². The lowest BCUT2D eigenvalue weighted by atomic mass is 10.3. The molecule has 0 unspecified atom stereocenters. The predicted molar refractivity (Wildman–Crippen MR) is 114 cm³/mol. The van der Waals surface area contributed by atoms with Gasteiger partial charge in [-0.05, 0) is 43.3 Å². The third-order valence-corrected chi connectivity index (χ3v) is 5.75. The van der Waals surface area contributed by atoms with Crippen molar-refractivity contribution in [2.24, 2.45) is 0 Å². The molecule has 0 fully saturated rings. The normalized spacial score (nSPS) is 11.2. The van der Waals surface area contributed by atoms with E-state index in [0.717, 1.165) is 11.9 Å². The average molecular weight is 452 g/mol. The van der Waals surface area contributed by atoms with Gasteiger partial charge in [0.15, 0.2) is 5.82 Å². The van der Waals surface area contributed by atoms with Gasteiger partial charge >= 0.3 is 0 Å². The molecule has 2 aromatic carbocycles. The van der Waals surface area contributed by atoms with Crippen LogP contribution in [0.2, 0.25) is 0 Å². The van der Waals surface area contributed by atoms with E-state index in [9.17, 15) is 18.5 Å². The number of benzene rings is 2. The summed E-state index contributed by atoms with van der Waals surface area (Å²) in [6.45, 7) is 1.85. The quantitative estimate of drug-likeness (QED) is 0.332. The first-order valence-electron chi connectivity index (χ1n) is 9.21. The highest BCUT2D eigenvalue weighted by atomic mass is 32.2. The van der Waals surface area contributed by atoms with Crippen LogP contribution in [0.15, 0.2) is 78.0 Å². The van der Waals surface area contributed by atoms with Crippen LogP contribution in [0.1, 0.15) is 5.82 Å². The van der Waals surface area contributed by atoms with E-state index in [2.05, 4.69) is 19.9 Å². The number of nitro benzene ring substituents is 1. The number of sulfonamides is 1. The predicted octanol–water partition coefficient (Wildman–Crippen LogP) is 3.47. The van der Waals surface area contributed by atoms with Gasteiger partial charge < -0.3 is 4.74 Å². The van der Waals surface area contributed by atoms with Gasteiger partial charge in [0.05, 0.1) is 9.82 Å². The number of nitrogens with zero attached hydrogens (tertiary/aromatic N) is 5. The van der Waals surface area contributed by atoms with Gasteiger partial charge in [-0.2, -0.15) is 0 Å². The number of nitrogens with one attached hydrogen (secondary N) is 1. The fourth-order valence-corrected chi connectivity index (χ4v) is 3.90. The third kappa shape index (κ3) is 4.54. The molecule has 32 heavy (non-hydrogen) atoms. The molecule has 4 aromatic rings. The topological polar surface area (TPSA) is 142 Å². The van der Waals surface area contributed by atoms with E-state index in [4.69, 9.17) is 4.74 Å². The Kier molecular flexibility index (Phi) is 5.52. The van der Waals surface area contributed by atoms with Crippen LogP contribution in [-0.2, 0) is 10.0 Å². The molecule has 2 aromatic heterocycles. The molecule has 0 spiro atoms. The van der Waals surface area contributed by atoms with Gasteiger partial charge in [-0.25, -0.2) is 13.4 Å². The van der Waals surface area contributed by atoms with Gasteiger partial charge in [-0.3, -0.25) is 19.4 Å². The summed E-state index contributed by atoms with van der Waals surface area (Å²) in [6.07, 6.45) is 3.43. The average Bonchev–Trinajstić information content (AvgIpc) is 3.21. The number of ether oxygens (including phenoxy) is 1. The van der Waals surface area contributed by atoms with Crippen LogP contribution < -0.4 is 9.46 Å². The number of non-ortho nitro benzene ring substituents is 1. The summed E-state index contributed by atoms with van der Waals surface area (Å²) in [7, 11) is -4.00. The summed E-state index contributed by atoms with van der Waals surface area (Å²) < 4.78 is 34.8. The summed E-state index contributed by atoms with van der Waals surface area (Å²) in [4.78, 5) is 14.1. The Labute approximate surface area is 182 Å². The molecule has 0 atom stereocenters. The monoisotopic (exact) mass is 452 g/mol. The second kappa shape index (κ2) is 8.43. The highest BCUT2D eigenvalue weighted by Gasteiger charge is 2.18. The molecule has 4 rings (SSSR count). The molecule has 0 aliphatic rings. The van der Waals surface area contributed by atoms with Crippen molar-refractivity contribution in [2.75, 3.05) is 4.72 Å². The van der Waals surface area contributed by atoms with E-state index in [0.29, 0.717) is 11.6 Å². The Hall–Kier alpha value is -4.32. The number of aromatic nitrogens is 4. The van der Waals surface area contributed by atoms with Crippen LogP contribution in [0.25, 0.3) is 5.82 Å². The minimum absolute atomic E-state index is 0.212. The summed E-state index contributed by atoms with van der Waals surface area (Å²) in [5.41, 5.74) is -0.0483. The Bertz CT molecular complexity index is 1370. The van der Waals surface area contributed by atoms with Crippen molar-refractivity contribution in [3.8, 4) is 17.4 Å². The summed E-state index contributed by atoms with van der Waals surface area (Å²) in [5, 5.41) is 19.0. The standard InChI is InChI=1S/C20H16N6O5S/c1-14-21-11-12-25(14)19-9-10-20(23-22-19)31-17-7-5-15(6-8-17)24-32(29,30)18-4-2-3-16(13-18)26(27)28/h2-13,24H,1H3. The van der Waals surface area contributed by atoms with Crippen LogP contribution in [-0.4, -0.2) is 33.1 Å². The zero-order valence-electron chi connectivity index (χ0n) is 16.6. The molecule has 1 N–H and O–H groups in total. The molecule has 11 nitrogen and oxygen atoms in total. The zero-order valence-corrected chi connectivity index (χ0v) is 17.4. The van der Waals surface area contributed by atoms with Crippen LogP contribution in [0.5, 0.6) is 11.6 Å². The van der Waals surface area contributed by atoms with E-state index >= 15 is 0 Å². The van der Waals surface area contributed by atoms with Gasteiger partial charge in [0.25, 0.3) is 15.7 Å². The van der Waals surface area contributed by atoms with Crippen molar-refractivity contribution < 1.29 is 18.1 Å². The Balaban J connectivity index is 1.45. The van der Waals surface area contributed by atoms with Gasteiger partial charge in [-0.1, -0.05) is 6.07 Å². The number of aryl methyl sites for hydroxylation is 1. The first kappa shape index (κ1) is 20.9. The number of nitro groups is 1. The zero-order chi connectivity index (χ0) is 22.7. The lowest BCUT2D eigenvalue weighted by molar-refractivity contribution is -0.385. The molecule has 0 bridgehead atoms. The number of hydrogen-bond donors (Lipinski definition) is 1. The molecule has 0 radical (unpaired) electrons. The molecule has 0 aliphatic heterocycles. The van der Waals surface area contributed by atoms with Crippen LogP contribution in [0.4, 0.5) is 11.4 Å². The fraction of sp³-hybridized carbons (Fsp3) is 0.0500. The van der Waals surface area contributed by atoms with Crippen molar-refractivity contribution in [3.63, 3.8) is 0 Å². The highest BCUT2D eigenvalue weighted by molar-refractivity contribution is 7.92. The van der Waals surface area contributed by atoms with E-state index in [1.165, 1.54) is 30.3 Å². The molecule has 0 saturated heterocycles. The SMILES string of the molecule is Cc1nccn1-c1ccc(Oc2ccc(NS(=O)(=O)c3cccc([N+](=O)[O-])c3)cc2)nn1. The van der Waals surface area contributed by atoms with E-state index < -0.39 is 14.9 Å². The second-order valence-electron chi connectivity index (χ2n) is 6.56. The van der Waals surface area contributed by atoms with Crippen molar-refractivity contribution in [3.05, 3.63) is 89.0 Å². The molecule has 0 saturated carbocycles. The van der Waals surface area contributed by atoms with Crippen molar-refractivity contribution in [2.45, 2.75) is 11.8 Å². The van der Waals surface area contributed by atoms with Crippen molar-refractivity contribution in [1.29, 1.82) is 0 Å². The largest absolute Gasteiger partial charge is 0.438 e. The van der Waals surface area contributed by atoms with Crippen LogP contribution in [0, 0.1) is 17.0 Å². The summed E-state index contributed by atoms with van der Waals surface area (Å²) >= 11 is 0. The van der Waals surface area contributed by atoms with E-state index in [-0.39, 0.29) is 22.2 Å². The number of anilines is 1.